The zero-order valence-corrected chi connectivity index (χ0v) is 10.3. The van der Waals surface area contributed by atoms with Gasteiger partial charge in [0.2, 0.25) is 6.79 Å². The van der Waals surface area contributed by atoms with Crippen LogP contribution in [0.1, 0.15) is 11.1 Å². The molecule has 1 aliphatic heterocycles. The lowest BCUT2D eigenvalue weighted by Gasteiger charge is -2.08. The SMILES string of the molecule is Cc1ccc(C#N)c(Oc2ccc3c(c2)OCO3)c1. The first-order chi connectivity index (χ1) is 9.26. The smallest absolute Gasteiger partial charge is 0.231 e. The standard InChI is InChI=1S/C15H11NO3/c1-10-2-3-11(8-16)14(6-10)19-12-4-5-13-15(7-12)18-9-17-13/h2-7H,9H2,1H3. The molecule has 0 N–H and O–H groups in total. The van der Waals surface area contributed by atoms with Crippen molar-refractivity contribution in [3.8, 4) is 29.1 Å². The highest BCUT2D eigenvalue weighted by molar-refractivity contribution is 5.51. The first-order valence-electron chi connectivity index (χ1n) is 5.84. The van der Waals surface area contributed by atoms with Crippen molar-refractivity contribution in [3.05, 3.63) is 47.5 Å². The van der Waals surface area contributed by atoms with E-state index < -0.39 is 0 Å². The third-order valence-electron chi connectivity index (χ3n) is 2.83. The third kappa shape index (κ3) is 2.18. The van der Waals surface area contributed by atoms with Gasteiger partial charge in [-0.05, 0) is 36.8 Å². The lowest BCUT2D eigenvalue weighted by atomic mass is 10.1. The summed E-state index contributed by atoms with van der Waals surface area (Å²) in [6.07, 6.45) is 0. The minimum absolute atomic E-state index is 0.229. The molecule has 0 atom stereocenters. The molecule has 19 heavy (non-hydrogen) atoms. The van der Waals surface area contributed by atoms with Gasteiger partial charge < -0.3 is 14.2 Å². The van der Waals surface area contributed by atoms with Crippen LogP contribution in [-0.2, 0) is 0 Å². The van der Waals surface area contributed by atoms with Crippen LogP contribution in [0.4, 0.5) is 0 Å². The number of hydrogen-bond acceptors (Lipinski definition) is 4. The van der Waals surface area contributed by atoms with Crippen LogP contribution in [0.3, 0.4) is 0 Å². The van der Waals surface area contributed by atoms with E-state index in [-0.39, 0.29) is 6.79 Å². The summed E-state index contributed by atoms with van der Waals surface area (Å²) in [4.78, 5) is 0. The number of ether oxygens (including phenoxy) is 3. The monoisotopic (exact) mass is 253 g/mol. The number of rotatable bonds is 2. The van der Waals surface area contributed by atoms with Gasteiger partial charge in [0.1, 0.15) is 17.6 Å². The lowest BCUT2D eigenvalue weighted by Crippen LogP contribution is -1.93. The summed E-state index contributed by atoms with van der Waals surface area (Å²) in [5.41, 5.74) is 1.54. The maximum Gasteiger partial charge on any atom is 0.231 e. The Hall–Kier alpha value is -2.67. The molecule has 0 saturated carbocycles. The number of nitriles is 1. The summed E-state index contributed by atoms with van der Waals surface area (Å²) in [5.74, 6) is 2.52. The number of hydrogen-bond donors (Lipinski definition) is 0. The molecular formula is C15H11NO3. The Balaban J connectivity index is 1.93. The van der Waals surface area contributed by atoms with Crippen molar-refractivity contribution < 1.29 is 14.2 Å². The van der Waals surface area contributed by atoms with Crippen LogP contribution >= 0.6 is 0 Å². The van der Waals surface area contributed by atoms with Crippen LogP contribution in [0, 0.1) is 18.3 Å². The van der Waals surface area contributed by atoms with E-state index in [9.17, 15) is 0 Å². The molecular weight excluding hydrogens is 242 g/mol. The second kappa shape index (κ2) is 4.54. The van der Waals surface area contributed by atoms with Crippen molar-refractivity contribution in [1.82, 2.24) is 0 Å². The molecule has 0 saturated heterocycles. The normalized spacial score (nSPS) is 12.0. The van der Waals surface area contributed by atoms with Crippen LogP contribution < -0.4 is 14.2 Å². The molecule has 2 aromatic carbocycles. The molecule has 0 aliphatic carbocycles. The molecule has 1 aliphatic rings. The topological polar surface area (TPSA) is 51.5 Å². The second-order valence-electron chi connectivity index (χ2n) is 4.23. The van der Waals surface area contributed by atoms with Gasteiger partial charge in [-0.2, -0.15) is 5.26 Å². The zero-order chi connectivity index (χ0) is 13.2. The average Bonchev–Trinajstić information content (AvgIpc) is 2.86. The quantitative estimate of drug-likeness (QED) is 0.823. The van der Waals surface area contributed by atoms with Crippen LogP contribution in [-0.4, -0.2) is 6.79 Å². The molecule has 0 fully saturated rings. The van der Waals surface area contributed by atoms with E-state index in [0.717, 1.165) is 5.56 Å². The molecule has 4 heteroatoms. The molecule has 4 nitrogen and oxygen atoms in total. The minimum Gasteiger partial charge on any atom is -0.456 e. The fourth-order valence-electron chi connectivity index (χ4n) is 1.87. The Morgan fingerprint density at radius 3 is 2.79 bits per heavy atom. The highest BCUT2D eigenvalue weighted by atomic mass is 16.7. The molecule has 0 radical (unpaired) electrons. The largest absolute Gasteiger partial charge is 0.456 e. The summed E-state index contributed by atoms with van der Waals surface area (Å²) < 4.78 is 16.3. The summed E-state index contributed by atoms with van der Waals surface area (Å²) in [7, 11) is 0. The molecule has 94 valence electrons. The van der Waals surface area contributed by atoms with Crippen LogP contribution in [0.15, 0.2) is 36.4 Å². The molecule has 1 heterocycles. The van der Waals surface area contributed by atoms with Gasteiger partial charge in [0.05, 0.1) is 5.56 Å². The number of benzene rings is 2. The number of fused-ring (bicyclic) bond motifs is 1. The first kappa shape index (κ1) is 11.4. The summed E-state index contributed by atoms with van der Waals surface area (Å²) in [6, 6.07) is 12.9. The molecule has 0 aromatic heterocycles. The van der Waals surface area contributed by atoms with Gasteiger partial charge >= 0.3 is 0 Å². The van der Waals surface area contributed by atoms with E-state index in [2.05, 4.69) is 6.07 Å². The van der Waals surface area contributed by atoms with Gasteiger partial charge in [-0.1, -0.05) is 6.07 Å². The first-order valence-corrected chi connectivity index (χ1v) is 5.84. The summed E-state index contributed by atoms with van der Waals surface area (Å²) in [6.45, 7) is 2.18. The van der Waals surface area contributed by atoms with E-state index >= 15 is 0 Å². The Labute approximate surface area is 110 Å². The predicted molar refractivity (Wildman–Crippen MR) is 68.5 cm³/mol. The molecule has 0 bridgehead atoms. The maximum atomic E-state index is 9.07. The Bertz CT molecular complexity index is 674. The predicted octanol–water partition coefficient (Wildman–Crippen LogP) is 3.39. The van der Waals surface area contributed by atoms with E-state index in [1.165, 1.54) is 0 Å². The van der Waals surface area contributed by atoms with Gasteiger partial charge in [-0.3, -0.25) is 0 Å². The van der Waals surface area contributed by atoms with Crippen molar-refractivity contribution in [2.75, 3.05) is 6.79 Å². The van der Waals surface area contributed by atoms with Crippen LogP contribution in [0.5, 0.6) is 23.0 Å². The molecule has 0 amide bonds. The van der Waals surface area contributed by atoms with E-state index in [1.54, 1.807) is 24.3 Å². The van der Waals surface area contributed by atoms with Crippen molar-refractivity contribution in [1.29, 1.82) is 5.26 Å². The van der Waals surface area contributed by atoms with E-state index in [0.29, 0.717) is 28.6 Å². The average molecular weight is 253 g/mol. The second-order valence-corrected chi connectivity index (χ2v) is 4.23. The molecule has 2 aromatic rings. The number of aryl methyl sites for hydroxylation is 1. The van der Waals surface area contributed by atoms with Crippen molar-refractivity contribution >= 4 is 0 Å². The van der Waals surface area contributed by atoms with E-state index in [1.807, 2.05) is 19.1 Å². The fraction of sp³-hybridized carbons (Fsp3) is 0.133. The fourth-order valence-corrected chi connectivity index (χ4v) is 1.87. The maximum absolute atomic E-state index is 9.07. The summed E-state index contributed by atoms with van der Waals surface area (Å²) in [5, 5.41) is 9.07. The zero-order valence-electron chi connectivity index (χ0n) is 10.3. The number of nitrogens with zero attached hydrogens (tertiary/aromatic N) is 1. The molecule has 0 unspecified atom stereocenters. The van der Waals surface area contributed by atoms with Gasteiger partial charge in [-0.15, -0.1) is 0 Å². The van der Waals surface area contributed by atoms with Gasteiger partial charge in [0, 0.05) is 6.07 Å². The third-order valence-corrected chi connectivity index (χ3v) is 2.83. The van der Waals surface area contributed by atoms with E-state index in [4.69, 9.17) is 19.5 Å². The van der Waals surface area contributed by atoms with Crippen LogP contribution in [0.25, 0.3) is 0 Å². The van der Waals surface area contributed by atoms with Gasteiger partial charge in [0.15, 0.2) is 11.5 Å². The highest BCUT2D eigenvalue weighted by Crippen LogP contribution is 2.37. The van der Waals surface area contributed by atoms with Crippen molar-refractivity contribution in [2.45, 2.75) is 6.92 Å². The minimum atomic E-state index is 0.229. The van der Waals surface area contributed by atoms with Gasteiger partial charge in [-0.25, -0.2) is 0 Å². The molecule has 3 rings (SSSR count). The van der Waals surface area contributed by atoms with Crippen molar-refractivity contribution in [2.24, 2.45) is 0 Å². The summed E-state index contributed by atoms with van der Waals surface area (Å²) >= 11 is 0. The van der Waals surface area contributed by atoms with Crippen LogP contribution in [0.2, 0.25) is 0 Å². The Morgan fingerprint density at radius 2 is 1.95 bits per heavy atom. The Morgan fingerprint density at radius 1 is 1.11 bits per heavy atom. The Kier molecular flexibility index (Phi) is 2.73. The van der Waals surface area contributed by atoms with Gasteiger partial charge in [0.25, 0.3) is 0 Å². The molecule has 0 spiro atoms. The van der Waals surface area contributed by atoms with Crippen molar-refractivity contribution in [3.63, 3.8) is 0 Å². The highest BCUT2D eigenvalue weighted by Gasteiger charge is 2.14. The lowest BCUT2D eigenvalue weighted by molar-refractivity contribution is 0.174.